The van der Waals surface area contributed by atoms with Crippen LogP contribution in [0, 0.1) is 0 Å². The molecule has 1 aromatic heterocycles. The molecule has 0 amide bonds. The van der Waals surface area contributed by atoms with Gasteiger partial charge in [0.2, 0.25) is 10.0 Å². The second-order valence-corrected chi connectivity index (χ2v) is 6.07. The Morgan fingerprint density at radius 1 is 1.58 bits per heavy atom. The molecule has 108 valence electrons. The maximum absolute atomic E-state index is 12.3. The summed E-state index contributed by atoms with van der Waals surface area (Å²) in [5.41, 5.74) is 0. The van der Waals surface area contributed by atoms with Gasteiger partial charge in [0.25, 0.3) is 0 Å². The lowest BCUT2D eigenvalue weighted by molar-refractivity contribution is 0.0554. The van der Waals surface area contributed by atoms with Crippen molar-refractivity contribution in [2.24, 2.45) is 0 Å². The van der Waals surface area contributed by atoms with Crippen LogP contribution in [0.1, 0.15) is 0 Å². The molecule has 2 N–H and O–H groups in total. The number of hydrogen-bond donors (Lipinski definition) is 2. The van der Waals surface area contributed by atoms with Crippen molar-refractivity contribution in [1.29, 1.82) is 0 Å². The van der Waals surface area contributed by atoms with E-state index in [1.165, 1.54) is 32.5 Å². The van der Waals surface area contributed by atoms with Crippen molar-refractivity contribution in [3.8, 4) is 0 Å². The van der Waals surface area contributed by atoms with Crippen molar-refractivity contribution in [1.82, 2.24) is 9.29 Å². The molecule has 0 aliphatic carbocycles. The number of likely N-dealkylation sites (N-methyl/N-ethyl adjacent to an activating group) is 1. The standard InChI is InChI=1S/C11H19N3O4S/c1-12-11-6-10(4-5-13-11)19(16,17)14(2)7-9(15)8-18-3/h4-6,9,15H,7-8H2,1-3H3,(H,12,13). The molecule has 0 aromatic carbocycles. The number of anilines is 1. The average molecular weight is 289 g/mol. The van der Waals surface area contributed by atoms with Crippen LogP contribution in [0.25, 0.3) is 0 Å². The van der Waals surface area contributed by atoms with Crippen LogP contribution in [-0.2, 0) is 14.8 Å². The lowest BCUT2D eigenvalue weighted by atomic mass is 10.4. The number of ether oxygens (including phenoxy) is 1. The Balaban J connectivity index is 2.90. The summed E-state index contributed by atoms with van der Waals surface area (Å²) >= 11 is 0. The number of aliphatic hydroxyl groups is 1. The first kappa shape index (κ1) is 15.8. The summed E-state index contributed by atoms with van der Waals surface area (Å²) in [6.07, 6.45) is 0.549. The fourth-order valence-electron chi connectivity index (χ4n) is 1.53. The van der Waals surface area contributed by atoms with E-state index in [1.54, 1.807) is 7.05 Å². The van der Waals surface area contributed by atoms with E-state index in [9.17, 15) is 13.5 Å². The van der Waals surface area contributed by atoms with Crippen molar-refractivity contribution in [3.05, 3.63) is 18.3 Å². The molecule has 0 saturated heterocycles. The number of nitrogens with zero attached hydrogens (tertiary/aromatic N) is 2. The Labute approximate surface area is 113 Å². The zero-order chi connectivity index (χ0) is 14.5. The third-order valence-electron chi connectivity index (χ3n) is 2.52. The van der Waals surface area contributed by atoms with Crippen LogP contribution in [-0.4, -0.2) is 63.3 Å². The quantitative estimate of drug-likeness (QED) is 0.719. The van der Waals surface area contributed by atoms with E-state index in [4.69, 9.17) is 4.74 Å². The van der Waals surface area contributed by atoms with Crippen molar-refractivity contribution in [3.63, 3.8) is 0 Å². The third-order valence-corrected chi connectivity index (χ3v) is 4.34. The van der Waals surface area contributed by atoms with Gasteiger partial charge in [-0.2, -0.15) is 4.31 Å². The minimum atomic E-state index is -3.65. The molecule has 0 radical (unpaired) electrons. The van der Waals surface area contributed by atoms with Crippen LogP contribution in [0.2, 0.25) is 0 Å². The maximum atomic E-state index is 12.3. The largest absolute Gasteiger partial charge is 0.389 e. The van der Waals surface area contributed by atoms with Crippen molar-refractivity contribution in [2.45, 2.75) is 11.0 Å². The van der Waals surface area contributed by atoms with Crippen LogP contribution in [0.4, 0.5) is 5.82 Å². The highest BCUT2D eigenvalue weighted by atomic mass is 32.2. The van der Waals surface area contributed by atoms with Gasteiger partial charge in [-0.1, -0.05) is 0 Å². The van der Waals surface area contributed by atoms with Gasteiger partial charge in [0.05, 0.1) is 17.6 Å². The number of aromatic nitrogens is 1. The van der Waals surface area contributed by atoms with Crippen LogP contribution >= 0.6 is 0 Å². The number of aliphatic hydroxyl groups excluding tert-OH is 1. The molecular formula is C11H19N3O4S. The summed E-state index contributed by atoms with van der Waals surface area (Å²) < 4.78 is 30.4. The number of hydrogen-bond acceptors (Lipinski definition) is 6. The molecular weight excluding hydrogens is 270 g/mol. The fourth-order valence-corrected chi connectivity index (χ4v) is 2.75. The number of rotatable bonds is 7. The summed E-state index contributed by atoms with van der Waals surface area (Å²) in [4.78, 5) is 4.08. The van der Waals surface area contributed by atoms with Crippen molar-refractivity contribution < 1.29 is 18.3 Å². The van der Waals surface area contributed by atoms with Gasteiger partial charge in [0, 0.05) is 40.0 Å². The van der Waals surface area contributed by atoms with E-state index in [1.807, 2.05) is 0 Å². The molecule has 0 saturated carbocycles. The van der Waals surface area contributed by atoms with Crippen molar-refractivity contribution >= 4 is 15.8 Å². The molecule has 0 aliphatic heterocycles. The molecule has 1 unspecified atom stereocenters. The highest BCUT2D eigenvalue weighted by Gasteiger charge is 2.23. The minimum Gasteiger partial charge on any atom is -0.389 e. The molecule has 8 heteroatoms. The predicted octanol–water partition coefficient (Wildman–Crippen LogP) is -0.249. The Morgan fingerprint density at radius 3 is 2.84 bits per heavy atom. The van der Waals surface area contributed by atoms with Crippen molar-refractivity contribution in [2.75, 3.05) is 39.7 Å². The highest BCUT2D eigenvalue weighted by Crippen LogP contribution is 2.16. The Morgan fingerprint density at radius 2 is 2.26 bits per heavy atom. The van der Waals surface area contributed by atoms with Gasteiger partial charge >= 0.3 is 0 Å². The molecule has 0 bridgehead atoms. The topological polar surface area (TPSA) is 91.8 Å². The monoisotopic (exact) mass is 289 g/mol. The van der Waals surface area contributed by atoms with Gasteiger partial charge in [0.15, 0.2) is 0 Å². The fraction of sp³-hybridized carbons (Fsp3) is 0.545. The number of nitrogens with one attached hydrogen (secondary N) is 1. The second kappa shape index (κ2) is 6.80. The summed E-state index contributed by atoms with van der Waals surface area (Å²) in [5, 5.41) is 12.4. The second-order valence-electron chi connectivity index (χ2n) is 4.02. The first-order valence-corrected chi connectivity index (χ1v) is 7.13. The van der Waals surface area contributed by atoms with E-state index in [-0.39, 0.29) is 18.0 Å². The predicted molar refractivity (Wildman–Crippen MR) is 71.5 cm³/mol. The summed E-state index contributed by atoms with van der Waals surface area (Å²) in [6.45, 7) is 0.0470. The molecule has 0 aliphatic rings. The van der Waals surface area contributed by atoms with Gasteiger partial charge in [-0.05, 0) is 6.07 Å². The molecule has 0 spiro atoms. The average Bonchev–Trinajstić information content (AvgIpc) is 2.38. The molecule has 1 rings (SSSR count). The van der Waals surface area contributed by atoms with Crippen LogP contribution in [0.15, 0.2) is 23.2 Å². The van der Waals surface area contributed by atoms with Gasteiger partial charge in [0.1, 0.15) is 5.82 Å². The van der Waals surface area contributed by atoms with Gasteiger partial charge in [-0.3, -0.25) is 0 Å². The van der Waals surface area contributed by atoms with E-state index in [0.717, 1.165) is 4.31 Å². The normalized spacial score (nSPS) is 13.5. The highest BCUT2D eigenvalue weighted by molar-refractivity contribution is 7.89. The van der Waals surface area contributed by atoms with E-state index in [2.05, 4.69) is 10.3 Å². The first-order chi connectivity index (χ1) is 8.91. The lowest BCUT2D eigenvalue weighted by Crippen LogP contribution is -2.36. The van der Waals surface area contributed by atoms with Crippen LogP contribution in [0.5, 0.6) is 0 Å². The molecule has 1 atom stereocenters. The SMILES string of the molecule is CNc1cc(S(=O)(=O)N(C)CC(O)COC)ccn1. The maximum Gasteiger partial charge on any atom is 0.243 e. The zero-order valence-electron chi connectivity index (χ0n) is 11.2. The third kappa shape index (κ3) is 4.13. The van der Waals surface area contributed by atoms with Gasteiger partial charge in [-0.15, -0.1) is 0 Å². The number of sulfonamides is 1. The molecule has 7 nitrogen and oxygen atoms in total. The zero-order valence-corrected chi connectivity index (χ0v) is 12.0. The van der Waals surface area contributed by atoms with E-state index < -0.39 is 16.1 Å². The molecule has 0 fully saturated rings. The van der Waals surface area contributed by atoms with Gasteiger partial charge < -0.3 is 15.2 Å². The lowest BCUT2D eigenvalue weighted by Gasteiger charge is -2.20. The summed E-state index contributed by atoms with van der Waals surface area (Å²) in [7, 11) is 0.865. The smallest absolute Gasteiger partial charge is 0.243 e. The molecule has 1 aromatic rings. The van der Waals surface area contributed by atoms with Gasteiger partial charge in [-0.25, -0.2) is 13.4 Å². The Hall–Kier alpha value is -1.22. The number of pyridine rings is 1. The van der Waals surface area contributed by atoms with E-state index >= 15 is 0 Å². The summed E-state index contributed by atoms with van der Waals surface area (Å²) in [6, 6.07) is 2.85. The summed E-state index contributed by atoms with van der Waals surface area (Å²) in [5.74, 6) is 0.465. The number of methoxy groups -OCH3 is 1. The first-order valence-electron chi connectivity index (χ1n) is 5.69. The Bertz CT molecular complexity index is 506. The van der Waals surface area contributed by atoms with E-state index in [0.29, 0.717) is 5.82 Å². The van der Waals surface area contributed by atoms with Crippen LogP contribution < -0.4 is 5.32 Å². The van der Waals surface area contributed by atoms with Crippen LogP contribution in [0.3, 0.4) is 0 Å². The minimum absolute atomic E-state index is 0.0343. The molecule has 1 heterocycles. The molecule has 19 heavy (non-hydrogen) atoms. The Kier molecular flexibility index (Phi) is 5.67.